The summed E-state index contributed by atoms with van der Waals surface area (Å²) in [6, 6.07) is 3.86. The molecule has 6 heteroatoms. The van der Waals surface area contributed by atoms with Crippen LogP contribution in [0.2, 0.25) is 0 Å². The van der Waals surface area contributed by atoms with Crippen LogP contribution in [0.4, 0.5) is 0 Å². The summed E-state index contributed by atoms with van der Waals surface area (Å²) in [6.45, 7) is 4.37. The topological polar surface area (TPSA) is 43.9 Å². The smallest absolute Gasteiger partial charge is 0.192 e. The molecule has 2 heterocycles. The van der Waals surface area contributed by atoms with Gasteiger partial charge < -0.3 is 4.42 Å². The summed E-state index contributed by atoms with van der Waals surface area (Å²) >= 11 is 7.37. The molecule has 0 bridgehead atoms. The molecule has 19 heavy (non-hydrogen) atoms. The van der Waals surface area contributed by atoms with Gasteiger partial charge in [-0.3, -0.25) is 4.57 Å². The lowest BCUT2D eigenvalue weighted by Gasteiger charge is -2.07. The second-order valence-electron chi connectivity index (χ2n) is 4.59. The number of furan rings is 1. The van der Waals surface area contributed by atoms with Crippen LogP contribution in [-0.2, 0) is 6.54 Å². The molecule has 0 amide bonds. The van der Waals surface area contributed by atoms with Crippen LogP contribution in [0.1, 0.15) is 30.3 Å². The van der Waals surface area contributed by atoms with Crippen LogP contribution in [0.15, 0.2) is 39.6 Å². The number of hydrogen-bond acceptors (Lipinski definition) is 4. The zero-order valence-electron chi connectivity index (χ0n) is 10.4. The first kappa shape index (κ1) is 12.8. The molecule has 0 atom stereocenters. The fraction of sp³-hybridized carbons (Fsp3) is 0.385. The molecular weight excluding hydrogens is 282 g/mol. The number of nitrogens with zero attached hydrogens (tertiary/aromatic N) is 3. The van der Waals surface area contributed by atoms with E-state index in [-0.39, 0.29) is 0 Å². The number of hydrogen-bond donors (Lipinski definition) is 0. The van der Waals surface area contributed by atoms with E-state index in [0.717, 1.165) is 16.7 Å². The molecule has 1 aliphatic carbocycles. The predicted octanol–water partition coefficient (Wildman–Crippen LogP) is 3.64. The first-order chi connectivity index (χ1) is 9.24. The highest BCUT2D eigenvalue weighted by Crippen LogP contribution is 2.40. The third-order valence-corrected chi connectivity index (χ3v) is 4.29. The highest BCUT2D eigenvalue weighted by molar-refractivity contribution is 7.99. The van der Waals surface area contributed by atoms with Crippen molar-refractivity contribution in [1.29, 1.82) is 0 Å². The van der Waals surface area contributed by atoms with Crippen LogP contribution >= 0.6 is 23.4 Å². The number of thioether (sulfide) groups is 1. The Kier molecular flexibility index (Phi) is 3.66. The molecule has 1 saturated carbocycles. The predicted molar refractivity (Wildman–Crippen MR) is 75.5 cm³/mol. The van der Waals surface area contributed by atoms with Crippen LogP contribution in [0.5, 0.6) is 0 Å². The Morgan fingerprint density at radius 2 is 2.37 bits per heavy atom. The van der Waals surface area contributed by atoms with Gasteiger partial charge in [0.1, 0.15) is 11.6 Å². The first-order valence-electron chi connectivity index (χ1n) is 6.15. The third kappa shape index (κ3) is 3.04. The van der Waals surface area contributed by atoms with E-state index in [0.29, 0.717) is 23.2 Å². The lowest BCUT2D eigenvalue weighted by molar-refractivity contribution is 0.478. The molecule has 0 N–H and O–H groups in total. The molecule has 100 valence electrons. The Hall–Kier alpha value is -1.20. The quantitative estimate of drug-likeness (QED) is 0.763. The molecule has 0 aliphatic heterocycles. The van der Waals surface area contributed by atoms with Crippen LogP contribution < -0.4 is 0 Å². The largest absolute Gasteiger partial charge is 0.467 e. The van der Waals surface area contributed by atoms with Gasteiger partial charge in [0.15, 0.2) is 5.16 Å². The molecule has 2 aromatic heterocycles. The lowest BCUT2D eigenvalue weighted by atomic mass is 10.3. The van der Waals surface area contributed by atoms with Crippen molar-refractivity contribution in [2.75, 3.05) is 5.75 Å². The van der Waals surface area contributed by atoms with E-state index in [9.17, 15) is 0 Å². The van der Waals surface area contributed by atoms with Crippen LogP contribution in [0.3, 0.4) is 0 Å². The number of halogens is 1. The maximum atomic E-state index is 5.81. The van der Waals surface area contributed by atoms with E-state index in [1.807, 2.05) is 12.1 Å². The minimum atomic E-state index is 0.552. The van der Waals surface area contributed by atoms with Crippen molar-refractivity contribution in [1.82, 2.24) is 14.8 Å². The van der Waals surface area contributed by atoms with Crippen molar-refractivity contribution < 1.29 is 4.42 Å². The van der Waals surface area contributed by atoms with Gasteiger partial charge in [0, 0.05) is 16.7 Å². The zero-order chi connectivity index (χ0) is 13.2. The van der Waals surface area contributed by atoms with E-state index >= 15 is 0 Å². The van der Waals surface area contributed by atoms with Gasteiger partial charge in [0.2, 0.25) is 0 Å². The molecule has 1 aliphatic rings. The van der Waals surface area contributed by atoms with Crippen LogP contribution in [0, 0.1) is 0 Å². The minimum absolute atomic E-state index is 0.552. The summed E-state index contributed by atoms with van der Waals surface area (Å²) in [5, 5.41) is 10.1. The molecule has 0 aromatic carbocycles. The average molecular weight is 296 g/mol. The van der Waals surface area contributed by atoms with Crippen molar-refractivity contribution in [2.45, 2.75) is 30.5 Å². The molecule has 0 unspecified atom stereocenters. The average Bonchev–Trinajstić information content (AvgIpc) is 2.95. The van der Waals surface area contributed by atoms with Crippen molar-refractivity contribution in [3.05, 3.63) is 41.6 Å². The van der Waals surface area contributed by atoms with Crippen LogP contribution in [0.25, 0.3) is 0 Å². The standard InChI is InChI=1S/C13H14ClN3OS/c1-9(14)8-19-13-16-15-12(10-4-5-10)17(13)7-11-3-2-6-18-11/h2-3,6,10H,1,4-5,7-8H2. The van der Waals surface area contributed by atoms with Gasteiger partial charge in [0.25, 0.3) is 0 Å². The summed E-state index contributed by atoms with van der Waals surface area (Å²) < 4.78 is 7.54. The molecule has 0 saturated heterocycles. The highest BCUT2D eigenvalue weighted by atomic mass is 35.5. The van der Waals surface area contributed by atoms with E-state index in [1.165, 1.54) is 12.8 Å². The fourth-order valence-electron chi connectivity index (χ4n) is 1.90. The van der Waals surface area contributed by atoms with Gasteiger partial charge in [-0.05, 0) is 25.0 Å². The second kappa shape index (κ2) is 5.43. The molecule has 1 fully saturated rings. The van der Waals surface area contributed by atoms with Gasteiger partial charge in [0.05, 0.1) is 12.8 Å². The van der Waals surface area contributed by atoms with E-state index in [4.69, 9.17) is 16.0 Å². The lowest BCUT2D eigenvalue weighted by Crippen LogP contribution is -2.05. The Labute approximate surface area is 120 Å². The van der Waals surface area contributed by atoms with Gasteiger partial charge in [-0.1, -0.05) is 29.9 Å². The van der Waals surface area contributed by atoms with Crippen LogP contribution in [-0.4, -0.2) is 20.5 Å². The molecule has 0 spiro atoms. The van der Waals surface area contributed by atoms with E-state index in [2.05, 4.69) is 21.3 Å². The molecule has 4 nitrogen and oxygen atoms in total. The maximum absolute atomic E-state index is 5.81. The maximum Gasteiger partial charge on any atom is 0.192 e. The monoisotopic (exact) mass is 295 g/mol. The summed E-state index contributed by atoms with van der Waals surface area (Å²) in [5.41, 5.74) is 0. The van der Waals surface area contributed by atoms with Gasteiger partial charge in [-0.15, -0.1) is 10.2 Å². The number of aromatic nitrogens is 3. The molecular formula is C13H14ClN3OS. The summed E-state index contributed by atoms with van der Waals surface area (Å²) in [5.74, 6) is 3.16. The number of rotatable bonds is 6. The van der Waals surface area contributed by atoms with Crippen molar-refractivity contribution >= 4 is 23.4 Å². The third-order valence-electron chi connectivity index (χ3n) is 2.94. The van der Waals surface area contributed by atoms with Crippen molar-refractivity contribution in [3.8, 4) is 0 Å². The Balaban J connectivity index is 1.84. The zero-order valence-corrected chi connectivity index (χ0v) is 12.0. The second-order valence-corrected chi connectivity index (χ2v) is 6.06. The fourth-order valence-corrected chi connectivity index (χ4v) is 2.76. The van der Waals surface area contributed by atoms with E-state index in [1.54, 1.807) is 18.0 Å². The summed E-state index contributed by atoms with van der Waals surface area (Å²) in [6.07, 6.45) is 4.08. The Bertz CT molecular complexity index is 575. The van der Waals surface area contributed by atoms with Crippen molar-refractivity contribution in [3.63, 3.8) is 0 Å². The highest BCUT2D eigenvalue weighted by Gasteiger charge is 2.30. The Morgan fingerprint density at radius 3 is 3.00 bits per heavy atom. The Morgan fingerprint density at radius 1 is 1.53 bits per heavy atom. The SMILES string of the molecule is C=C(Cl)CSc1nnc(C2CC2)n1Cc1ccco1. The summed E-state index contributed by atoms with van der Waals surface area (Å²) in [4.78, 5) is 0. The molecule has 0 radical (unpaired) electrons. The molecule has 3 rings (SSSR count). The van der Waals surface area contributed by atoms with E-state index < -0.39 is 0 Å². The normalized spacial score (nSPS) is 14.8. The summed E-state index contributed by atoms with van der Waals surface area (Å²) in [7, 11) is 0. The van der Waals surface area contributed by atoms with Crippen molar-refractivity contribution in [2.24, 2.45) is 0 Å². The van der Waals surface area contributed by atoms with Gasteiger partial charge >= 0.3 is 0 Å². The van der Waals surface area contributed by atoms with Gasteiger partial charge in [-0.25, -0.2) is 0 Å². The first-order valence-corrected chi connectivity index (χ1v) is 7.52. The minimum Gasteiger partial charge on any atom is -0.467 e. The molecule has 2 aromatic rings. The van der Waals surface area contributed by atoms with Gasteiger partial charge in [-0.2, -0.15) is 0 Å².